The van der Waals surface area contributed by atoms with Crippen LogP contribution in [0.5, 0.6) is 0 Å². The molecule has 0 fully saturated rings. The van der Waals surface area contributed by atoms with E-state index < -0.39 is 45.2 Å². The van der Waals surface area contributed by atoms with Gasteiger partial charge in [-0.25, -0.2) is 4.79 Å². The Morgan fingerprint density at radius 1 is 0.508 bits per heavy atom. The molecule has 1 N–H and O–H groups in total. The molecule has 0 aliphatic carbocycles. The molecule has 0 heterocycles. The van der Waals surface area contributed by atoms with E-state index in [9.17, 15) is 23.8 Å². The second kappa shape index (κ2) is 51.9. The first-order valence-electron chi connectivity index (χ1n) is 23.6. The minimum atomic E-state index is -4.82. The van der Waals surface area contributed by atoms with Crippen LogP contribution in [0.2, 0.25) is 0 Å². The van der Waals surface area contributed by atoms with Gasteiger partial charge in [0, 0.05) is 26.5 Å². The summed E-state index contributed by atoms with van der Waals surface area (Å²) < 4.78 is 42.7. The van der Waals surface area contributed by atoms with Gasteiger partial charge in [0.2, 0.25) is 0 Å². The number of phosphoric acid groups is 1. The van der Waals surface area contributed by atoms with Crippen molar-refractivity contribution in [1.29, 1.82) is 0 Å². The van der Waals surface area contributed by atoms with Gasteiger partial charge in [0.25, 0.3) is 7.82 Å². The molecule has 61 heavy (non-hydrogen) atoms. The number of nitrogens with one attached hydrogen (secondary N) is 1. The van der Waals surface area contributed by atoms with Crippen LogP contribution >= 0.6 is 7.82 Å². The maximum Gasteiger partial charge on any atom is 1.00 e. The average molecular weight is 904 g/mol. The van der Waals surface area contributed by atoms with Crippen molar-refractivity contribution in [3.8, 4) is 0 Å². The van der Waals surface area contributed by atoms with Crippen LogP contribution < -0.4 is 39.8 Å². The standard InChI is InChI=1S/C45H88NO11P.2CH4.Na/c1-4-6-8-10-12-14-16-18-20-22-24-26-28-30-32-34-43(47)54-40-42(41-56-58(50,51)55-37-36-46-45(49)53-39-38-52-3)57-44(48)35-33-31-29-27-25-23-21-19-17-15-13-11-9-7-5-2;;;/h42H,4-41H2,1-3H3,(H,46,49)(H,50,51);2*1H4;/q;;;+1/p-1. The van der Waals surface area contributed by atoms with Crippen LogP contribution in [-0.4, -0.2) is 70.8 Å². The third-order valence-electron chi connectivity index (χ3n) is 10.3. The number of hydrogen-bond acceptors (Lipinski definition) is 11. The van der Waals surface area contributed by atoms with Gasteiger partial charge in [0.15, 0.2) is 6.10 Å². The Balaban J connectivity index is -0.00000541. The first kappa shape index (κ1) is 66.9. The van der Waals surface area contributed by atoms with E-state index in [1.54, 1.807) is 0 Å². The van der Waals surface area contributed by atoms with Crippen LogP contribution in [0.4, 0.5) is 4.79 Å². The van der Waals surface area contributed by atoms with E-state index in [-0.39, 0.29) is 83.6 Å². The molecule has 0 aliphatic heterocycles. The molecule has 0 spiro atoms. The van der Waals surface area contributed by atoms with Crippen LogP contribution in [0.1, 0.15) is 234 Å². The van der Waals surface area contributed by atoms with Gasteiger partial charge in [-0.3, -0.25) is 14.2 Å². The fraction of sp³-hybridized carbons (Fsp3) is 0.936. The first-order valence-corrected chi connectivity index (χ1v) is 25.0. The minimum Gasteiger partial charge on any atom is -0.756 e. The number of rotatable bonds is 45. The van der Waals surface area contributed by atoms with E-state index in [0.29, 0.717) is 12.8 Å². The Hall–Kier alpha value is -0.720. The van der Waals surface area contributed by atoms with Crippen molar-refractivity contribution in [1.82, 2.24) is 5.32 Å². The van der Waals surface area contributed by atoms with Gasteiger partial charge in [0.1, 0.15) is 13.2 Å². The summed E-state index contributed by atoms with van der Waals surface area (Å²) in [4.78, 5) is 49.2. The summed E-state index contributed by atoms with van der Waals surface area (Å²) in [5, 5.41) is 2.36. The van der Waals surface area contributed by atoms with Gasteiger partial charge in [-0.15, -0.1) is 0 Å². The number of ether oxygens (including phenoxy) is 4. The van der Waals surface area contributed by atoms with Crippen molar-refractivity contribution < 1.29 is 81.4 Å². The molecule has 0 bridgehead atoms. The molecule has 360 valence electrons. The largest absolute Gasteiger partial charge is 1.00 e. The van der Waals surface area contributed by atoms with E-state index in [0.717, 1.165) is 38.5 Å². The molecule has 2 atom stereocenters. The van der Waals surface area contributed by atoms with Crippen LogP contribution in [-0.2, 0) is 42.1 Å². The zero-order chi connectivity index (χ0) is 42.6. The molecule has 14 heteroatoms. The van der Waals surface area contributed by atoms with Gasteiger partial charge in [-0.2, -0.15) is 0 Å². The van der Waals surface area contributed by atoms with Crippen molar-refractivity contribution >= 4 is 25.9 Å². The van der Waals surface area contributed by atoms with E-state index in [4.69, 9.17) is 28.0 Å². The maximum absolute atomic E-state index is 12.7. The van der Waals surface area contributed by atoms with E-state index >= 15 is 0 Å². The summed E-state index contributed by atoms with van der Waals surface area (Å²) in [5.74, 6) is -0.928. The monoisotopic (exact) mass is 904 g/mol. The Morgan fingerprint density at radius 2 is 0.885 bits per heavy atom. The summed E-state index contributed by atoms with van der Waals surface area (Å²) in [6, 6.07) is 0. The number of amides is 1. The number of methoxy groups -OCH3 is 1. The summed E-state index contributed by atoms with van der Waals surface area (Å²) >= 11 is 0. The fourth-order valence-electron chi connectivity index (χ4n) is 6.69. The minimum absolute atomic E-state index is 0. The Labute approximate surface area is 397 Å². The number of unbranched alkanes of at least 4 members (excludes halogenated alkanes) is 28. The van der Waals surface area contributed by atoms with Gasteiger partial charge in [-0.05, 0) is 12.8 Å². The van der Waals surface area contributed by atoms with Crippen LogP contribution in [0.15, 0.2) is 0 Å². The first-order chi connectivity index (χ1) is 28.2. The number of esters is 2. The Morgan fingerprint density at radius 3 is 1.28 bits per heavy atom. The Bertz CT molecular complexity index is 994. The summed E-state index contributed by atoms with van der Waals surface area (Å²) in [5.41, 5.74) is 0. The van der Waals surface area contributed by atoms with Crippen molar-refractivity contribution in [3.05, 3.63) is 0 Å². The molecule has 0 aliphatic rings. The van der Waals surface area contributed by atoms with Crippen molar-refractivity contribution in [3.63, 3.8) is 0 Å². The van der Waals surface area contributed by atoms with E-state index in [2.05, 4.69) is 19.2 Å². The normalized spacial score (nSPS) is 12.3. The van der Waals surface area contributed by atoms with Crippen molar-refractivity contribution in [2.45, 2.75) is 240 Å². The number of phosphoric ester groups is 1. The van der Waals surface area contributed by atoms with Crippen molar-refractivity contribution in [2.24, 2.45) is 0 Å². The molecule has 1 amide bonds. The van der Waals surface area contributed by atoms with E-state index in [1.807, 2.05) is 0 Å². The molecule has 12 nitrogen and oxygen atoms in total. The molecule has 0 radical (unpaired) electrons. The topological polar surface area (TPSA) is 159 Å². The molecule has 0 saturated carbocycles. The number of carbonyl (C=O) groups excluding carboxylic acids is 3. The number of carbonyl (C=O) groups is 3. The van der Waals surface area contributed by atoms with Crippen molar-refractivity contribution in [2.75, 3.05) is 46.7 Å². The molecule has 0 rings (SSSR count). The average Bonchev–Trinajstić information content (AvgIpc) is 3.20. The summed E-state index contributed by atoms with van der Waals surface area (Å²) in [7, 11) is -3.34. The molecule has 0 saturated heterocycles. The second-order valence-electron chi connectivity index (χ2n) is 15.8. The third kappa shape index (κ3) is 51.8. The van der Waals surface area contributed by atoms with Crippen LogP contribution in [0.25, 0.3) is 0 Å². The smallest absolute Gasteiger partial charge is 0.756 e. The van der Waals surface area contributed by atoms with Gasteiger partial charge in [-0.1, -0.05) is 208 Å². The Kier molecular flexibility index (Phi) is 56.9. The molecular formula is C47H95NNaO11P. The molecule has 2 unspecified atom stereocenters. The molecular weight excluding hydrogens is 808 g/mol. The molecule has 0 aromatic heterocycles. The summed E-state index contributed by atoms with van der Waals surface area (Å²) in [6.07, 6.45) is 35.3. The van der Waals surface area contributed by atoms with Gasteiger partial charge >= 0.3 is 47.6 Å². The zero-order valence-corrected chi connectivity index (χ0v) is 41.3. The van der Waals surface area contributed by atoms with Crippen LogP contribution in [0.3, 0.4) is 0 Å². The SMILES string of the molecule is C.C.CCCCCCCCCCCCCCCCCC(=O)OCC(COP(=O)([O-])OCCNC(=O)OCCOC)OC(=O)CCCCCCCCCCCCCCCCC.[Na+]. The summed E-state index contributed by atoms with van der Waals surface area (Å²) in [6.45, 7) is 3.36. The predicted molar refractivity (Wildman–Crippen MR) is 244 cm³/mol. The molecule has 0 aromatic rings. The van der Waals surface area contributed by atoms with Gasteiger partial charge < -0.3 is 38.2 Å². The zero-order valence-electron chi connectivity index (χ0n) is 38.4. The maximum atomic E-state index is 12.7. The molecule has 0 aromatic carbocycles. The number of alkyl carbamates (subject to hydrolysis) is 1. The van der Waals surface area contributed by atoms with Gasteiger partial charge in [0.05, 0.1) is 19.8 Å². The predicted octanol–water partition coefficient (Wildman–Crippen LogP) is 10.1. The second-order valence-corrected chi connectivity index (χ2v) is 17.2. The van der Waals surface area contributed by atoms with E-state index in [1.165, 1.54) is 148 Å². The van der Waals surface area contributed by atoms with Crippen LogP contribution in [0, 0.1) is 0 Å². The fourth-order valence-corrected chi connectivity index (χ4v) is 7.43. The number of hydrogen-bond donors (Lipinski definition) is 1. The third-order valence-corrected chi connectivity index (χ3v) is 11.2. The quantitative estimate of drug-likeness (QED) is 0.0204.